The molecule has 1 fully saturated rings. The molecule has 2 rings (SSSR count). The van der Waals surface area contributed by atoms with Crippen LogP contribution in [0, 0.1) is 0 Å². The van der Waals surface area contributed by atoms with Crippen molar-refractivity contribution in [1.82, 2.24) is 9.80 Å². The first-order valence-electron chi connectivity index (χ1n) is 7.02. The van der Waals surface area contributed by atoms with Crippen molar-refractivity contribution in [3.8, 4) is 5.75 Å². The normalized spacial score (nSPS) is 15.0. The highest BCUT2D eigenvalue weighted by Crippen LogP contribution is 2.26. The quantitative estimate of drug-likeness (QED) is 0.756. The summed E-state index contributed by atoms with van der Waals surface area (Å²) in [5.41, 5.74) is 1.21. The van der Waals surface area contributed by atoms with Crippen molar-refractivity contribution in [2.24, 2.45) is 0 Å². The minimum Gasteiger partial charge on any atom is -0.483 e. The molecule has 1 aromatic carbocycles. The number of nitrogens with zero attached hydrogens (tertiary/aromatic N) is 2. The molecular weight excluding hydrogens is 336 g/mol. The van der Waals surface area contributed by atoms with E-state index in [4.69, 9.17) is 4.74 Å². The molecule has 1 aliphatic rings. The Kier molecular flexibility index (Phi) is 5.61. The van der Waals surface area contributed by atoms with E-state index in [2.05, 4.69) is 22.9 Å². The Bertz CT molecular complexity index is 514. The van der Waals surface area contributed by atoms with Crippen LogP contribution in [0.3, 0.4) is 0 Å². The lowest BCUT2D eigenvalue weighted by Crippen LogP contribution is -2.49. The third-order valence-electron chi connectivity index (χ3n) is 3.57. The first-order valence-corrected chi connectivity index (χ1v) is 7.81. The molecule has 0 aromatic heterocycles. The highest BCUT2D eigenvalue weighted by atomic mass is 79.9. The zero-order valence-corrected chi connectivity index (χ0v) is 13.6. The van der Waals surface area contributed by atoms with Crippen molar-refractivity contribution in [3.63, 3.8) is 0 Å². The van der Waals surface area contributed by atoms with Gasteiger partial charge in [-0.05, 0) is 40.0 Å². The molecule has 1 aliphatic heterocycles. The van der Waals surface area contributed by atoms with E-state index in [1.54, 1.807) is 9.80 Å². The summed E-state index contributed by atoms with van der Waals surface area (Å²) >= 11 is 3.46. The standard InChI is InChI=1S/C15H19BrN2O3/c1-2-12-3-4-14(13(16)9-12)21-10-15(20)18-7-5-17(11-19)6-8-18/h3-4,9,11H,2,5-8,10H2,1H3. The summed E-state index contributed by atoms with van der Waals surface area (Å²) in [6.07, 6.45) is 1.78. The molecule has 1 aromatic rings. The van der Waals surface area contributed by atoms with E-state index in [1.165, 1.54) is 5.56 Å². The maximum absolute atomic E-state index is 12.1. The molecule has 0 N–H and O–H groups in total. The Morgan fingerprint density at radius 2 is 2.05 bits per heavy atom. The summed E-state index contributed by atoms with van der Waals surface area (Å²) in [6, 6.07) is 5.87. The Morgan fingerprint density at radius 3 is 2.62 bits per heavy atom. The molecule has 0 saturated carbocycles. The fourth-order valence-corrected chi connectivity index (χ4v) is 2.73. The first kappa shape index (κ1) is 15.8. The van der Waals surface area contributed by atoms with Gasteiger partial charge in [-0.2, -0.15) is 0 Å². The highest BCUT2D eigenvalue weighted by Gasteiger charge is 2.20. The summed E-state index contributed by atoms with van der Waals surface area (Å²) in [5, 5.41) is 0. The maximum Gasteiger partial charge on any atom is 0.260 e. The number of carbonyl (C=O) groups is 2. The van der Waals surface area contributed by atoms with Gasteiger partial charge in [0.25, 0.3) is 5.91 Å². The number of hydrogen-bond acceptors (Lipinski definition) is 3. The van der Waals surface area contributed by atoms with Crippen LogP contribution < -0.4 is 4.74 Å². The Balaban J connectivity index is 1.85. The lowest BCUT2D eigenvalue weighted by atomic mass is 10.2. The van der Waals surface area contributed by atoms with E-state index in [9.17, 15) is 9.59 Å². The summed E-state index contributed by atoms with van der Waals surface area (Å²) < 4.78 is 6.44. The fraction of sp³-hybridized carbons (Fsp3) is 0.467. The molecule has 0 bridgehead atoms. The number of carbonyl (C=O) groups excluding carboxylic acids is 2. The summed E-state index contributed by atoms with van der Waals surface area (Å²) in [6.45, 7) is 4.41. The molecule has 0 spiro atoms. The van der Waals surface area contributed by atoms with Crippen molar-refractivity contribution < 1.29 is 14.3 Å². The van der Waals surface area contributed by atoms with Crippen LogP contribution in [0.1, 0.15) is 12.5 Å². The first-order chi connectivity index (χ1) is 10.1. The smallest absolute Gasteiger partial charge is 0.260 e. The summed E-state index contributed by atoms with van der Waals surface area (Å²) in [4.78, 5) is 26.1. The molecule has 0 unspecified atom stereocenters. The molecule has 2 amide bonds. The van der Waals surface area contributed by atoms with Crippen molar-refractivity contribution >= 4 is 28.2 Å². The number of hydrogen-bond donors (Lipinski definition) is 0. The van der Waals surface area contributed by atoms with Gasteiger partial charge in [0.1, 0.15) is 5.75 Å². The van der Waals surface area contributed by atoms with Crippen molar-refractivity contribution in [3.05, 3.63) is 28.2 Å². The Hall–Kier alpha value is -1.56. The van der Waals surface area contributed by atoms with Gasteiger partial charge in [-0.3, -0.25) is 9.59 Å². The van der Waals surface area contributed by atoms with E-state index in [1.807, 2.05) is 18.2 Å². The Labute approximate surface area is 133 Å². The lowest BCUT2D eigenvalue weighted by Gasteiger charge is -2.32. The van der Waals surface area contributed by atoms with E-state index < -0.39 is 0 Å². The second-order valence-corrected chi connectivity index (χ2v) is 5.78. The van der Waals surface area contributed by atoms with E-state index in [-0.39, 0.29) is 12.5 Å². The molecule has 0 aliphatic carbocycles. The molecule has 114 valence electrons. The minimum absolute atomic E-state index is 0.0190. The minimum atomic E-state index is -0.0491. The fourth-order valence-electron chi connectivity index (χ4n) is 2.19. The van der Waals surface area contributed by atoms with Gasteiger partial charge in [0, 0.05) is 26.2 Å². The van der Waals surface area contributed by atoms with Crippen LogP contribution in [0.15, 0.2) is 22.7 Å². The van der Waals surface area contributed by atoms with Gasteiger partial charge in [0.2, 0.25) is 6.41 Å². The van der Waals surface area contributed by atoms with Crippen molar-refractivity contribution in [2.45, 2.75) is 13.3 Å². The van der Waals surface area contributed by atoms with E-state index in [0.29, 0.717) is 31.9 Å². The number of ether oxygens (including phenoxy) is 1. The predicted molar refractivity (Wildman–Crippen MR) is 83.2 cm³/mol. The van der Waals surface area contributed by atoms with Crippen LogP contribution >= 0.6 is 15.9 Å². The van der Waals surface area contributed by atoms with Crippen LogP contribution in [-0.2, 0) is 16.0 Å². The van der Waals surface area contributed by atoms with Crippen molar-refractivity contribution in [2.75, 3.05) is 32.8 Å². The molecular formula is C15H19BrN2O3. The third kappa shape index (κ3) is 4.20. The van der Waals surface area contributed by atoms with Gasteiger partial charge < -0.3 is 14.5 Å². The van der Waals surface area contributed by atoms with Gasteiger partial charge in [-0.1, -0.05) is 13.0 Å². The number of aryl methyl sites for hydroxylation is 1. The number of halogens is 1. The van der Waals surface area contributed by atoms with Gasteiger partial charge in [0.05, 0.1) is 4.47 Å². The van der Waals surface area contributed by atoms with Crippen LogP contribution in [0.25, 0.3) is 0 Å². The second-order valence-electron chi connectivity index (χ2n) is 4.93. The molecule has 0 radical (unpaired) electrons. The van der Waals surface area contributed by atoms with Gasteiger partial charge in [-0.15, -0.1) is 0 Å². The van der Waals surface area contributed by atoms with E-state index >= 15 is 0 Å². The lowest BCUT2D eigenvalue weighted by molar-refractivity contribution is -0.137. The average molecular weight is 355 g/mol. The maximum atomic E-state index is 12.1. The molecule has 1 heterocycles. The van der Waals surface area contributed by atoms with Gasteiger partial charge >= 0.3 is 0 Å². The molecule has 5 nitrogen and oxygen atoms in total. The topological polar surface area (TPSA) is 49.9 Å². The zero-order valence-electron chi connectivity index (χ0n) is 12.0. The second kappa shape index (κ2) is 7.45. The molecule has 1 saturated heterocycles. The van der Waals surface area contributed by atoms with Gasteiger partial charge in [0.15, 0.2) is 6.61 Å². The predicted octanol–water partition coefficient (Wildman–Crippen LogP) is 1.69. The number of benzene rings is 1. The van der Waals surface area contributed by atoms with Crippen LogP contribution in [-0.4, -0.2) is 54.9 Å². The van der Waals surface area contributed by atoms with Crippen LogP contribution in [0.5, 0.6) is 5.75 Å². The molecule has 21 heavy (non-hydrogen) atoms. The Morgan fingerprint density at radius 1 is 1.33 bits per heavy atom. The zero-order chi connectivity index (χ0) is 15.2. The molecule has 0 atom stereocenters. The number of amides is 2. The van der Waals surface area contributed by atoms with Crippen LogP contribution in [0.2, 0.25) is 0 Å². The summed E-state index contributed by atoms with van der Waals surface area (Å²) in [7, 11) is 0. The SMILES string of the molecule is CCc1ccc(OCC(=O)N2CCN(C=O)CC2)c(Br)c1. The monoisotopic (exact) mass is 354 g/mol. The summed E-state index contributed by atoms with van der Waals surface area (Å²) in [5.74, 6) is 0.624. The number of rotatable bonds is 5. The average Bonchev–Trinajstić information content (AvgIpc) is 2.53. The van der Waals surface area contributed by atoms with Crippen LogP contribution in [0.4, 0.5) is 0 Å². The largest absolute Gasteiger partial charge is 0.483 e. The highest BCUT2D eigenvalue weighted by molar-refractivity contribution is 9.10. The van der Waals surface area contributed by atoms with Crippen molar-refractivity contribution in [1.29, 1.82) is 0 Å². The number of piperazine rings is 1. The van der Waals surface area contributed by atoms with Gasteiger partial charge in [-0.25, -0.2) is 0 Å². The third-order valence-corrected chi connectivity index (χ3v) is 4.19. The molecule has 6 heteroatoms. The van der Waals surface area contributed by atoms with E-state index in [0.717, 1.165) is 17.3 Å².